The highest BCUT2D eigenvalue weighted by Crippen LogP contribution is 2.51. The van der Waals surface area contributed by atoms with Gasteiger partial charge in [-0.3, -0.25) is 9.59 Å². The van der Waals surface area contributed by atoms with Crippen LogP contribution in [0.1, 0.15) is 241 Å². The number of hydrogen-bond donors (Lipinski definition) is 0. The van der Waals surface area contributed by atoms with Gasteiger partial charge < -0.3 is 9.80 Å². The number of carbonyl (C=O) groups is 2. The van der Waals surface area contributed by atoms with Crippen molar-refractivity contribution in [2.45, 2.75) is 234 Å². The summed E-state index contributed by atoms with van der Waals surface area (Å²) >= 11 is 7.37. The highest BCUT2D eigenvalue weighted by atomic mass is 32.1. The van der Waals surface area contributed by atoms with Gasteiger partial charge in [-0.05, 0) is 98.9 Å². The number of unbranched alkanes of at least 4 members (excludes halogenated alkanes) is 20. The molecule has 2 atom stereocenters. The van der Waals surface area contributed by atoms with Crippen LogP contribution in [0.2, 0.25) is 0 Å². The molecular formula is C62H92N2O2S4. The maximum absolute atomic E-state index is 15.4. The second-order valence-electron chi connectivity index (χ2n) is 20.8. The first-order valence-corrected chi connectivity index (χ1v) is 32.1. The van der Waals surface area contributed by atoms with Gasteiger partial charge in [0.15, 0.2) is 0 Å². The molecule has 4 aromatic rings. The van der Waals surface area contributed by atoms with Gasteiger partial charge in [0.2, 0.25) is 0 Å². The molecule has 2 aliphatic heterocycles. The second-order valence-corrected chi connectivity index (χ2v) is 25.3. The van der Waals surface area contributed by atoms with Crippen molar-refractivity contribution >= 4 is 68.6 Å². The zero-order chi connectivity index (χ0) is 49.5. The molecule has 386 valence electrons. The molecule has 0 saturated heterocycles. The first-order chi connectivity index (χ1) is 34.3. The molecule has 0 radical (unpaired) electrons. The van der Waals surface area contributed by atoms with Crippen LogP contribution in [0.5, 0.6) is 0 Å². The molecule has 8 heteroatoms. The Morgan fingerprint density at radius 1 is 0.357 bits per heavy atom. The number of fused-ring (bicyclic) bond motifs is 1. The van der Waals surface area contributed by atoms with Crippen molar-refractivity contribution in [3.05, 3.63) is 79.2 Å². The monoisotopic (exact) mass is 1020 g/mol. The second kappa shape index (κ2) is 31.1. The lowest BCUT2D eigenvalue weighted by atomic mass is 9.98. The minimum Gasteiger partial charge on any atom is -0.306 e. The van der Waals surface area contributed by atoms with E-state index in [4.69, 9.17) is 0 Å². The van der Waals surface area contributed by atoms with Crippen molar-refractivity contribution in [1.29, 1.82) is 0 Å². The summed E-state index contributed by atoms with van der Waals surface area (Å²) in [5.74, 6) is 0.780. The number of hydrogen-bond acceptors (Lipinski definition) is 6. The molecule has 0 aromatic carbocycles. The Morgan fingerprint density at radius 3 is 1.00 bits per heavy atom. The smallest absolute Gasteiger partial charge is 0.261 e. The van der Waals surface area contributed by atoms with Crippen molar-refractivity contribution in [2.75, 3.05) is 13.1 Å². The zero-order valence-corrected chi connectivity index (χ0v) is 48.0. The number of carbonyl (C=O) groups excluding carboxylic acids is 2. The Morgan fingerprint density at radius 2 is 0.657 bits per heavy atom. The third-order valence-electron chi connectivity index (χ3n) is 15.2. The molecular weight excluding hydrogens is 933 g/mol. The molecule has 0 aliphatic carbocycles. The average molecular weight is 1030 g/mol. The molecule has 0 bridgehead atoms. The quantitative estimate of drug-likeness (QED) is 0.0420. The lowest BCUT2D eigenvalue weighted by Crippen LogP contribution is -2.34. The van der Waals surface area contributed by atoms with Crippen molar-refractivity contribution < 1.29 is 9.59 Å². The van der Waals surface area contributed by atoms with E-state index in [9.17, 15) is 0 Å². The van der Waals surface area contributed by atoms with Gasteiger partial charge >= 0.3 is 0 Å². The summed E-state index contributed by atoms with van der Waals surface area (Å²) in [6.07, 6.45) is 38.2. The van der Waals surface area contributed by atoms with Gasteiger partial charge in [0, 0.05) is 42.4 Å². The van der Waals surface area contributed by atoms with Gasteiger partial charge in [-0.1, -0.05) is 196 Å². The fourth-order valence-corrected chi connectivity index (χ4v) is 15.1. The summed E-state index contributed by atoms with van der Waals surface area (Å²) in [4.78, 5) is 44.9. The summed E-state index contributed by atoms with van der Waals surface area (Å²) in [5.41, 5.74) is 2.99. The van der Waals surface area contributed by atoms with E-state index in [2.05, 4.69) is 90.1 Å². The summed E-state index contributed by atoms with van der Waals surface area (Å²) in [6.45, 7) is 14.9. The summed E-state index contributed by atoms with van der Waals surface area (Å²) in [6, 6.07) is 18.2. The van der Waals surface area contributed by atoms with E-state index in [1.165, 1.54) is 158 Å². The summed E-state index contributed by atoms with van der Waals surface area (Å²) < 4.78 is 0. The Bertz CT molecular complexity index is 2060. The molecule has 4 nitrogen and oxygen atoms in total. The lowest BCUT2D eigenvalue weighted by Gasteiger charge is -2.29. The normalized spacial score (nSPS) is 14.9. The van der Waals surface area contributed by atoms with Gasteiger partial charge in [-0.2, -0.15) is 0 Å². The number of nitrogens with zero attached hydrogens (tertiary/aromatic N) is 2. The predicted octanol–water partition coefficient (Wildman–Crippen LogP) is 20.4. The lowest BCUT2D eigenvalue weighted by molar-refractivity contribution is -0.124. The highest BCUT2D eigenvalue weighted by molar-refractivity contribution is 7.23. The summed E-state index contributed by atoms with van der Waals surface area (Å²) in [5, 5.41) is 0. The molecule has 6 heterocycles. The van der Waals surface area contributed by atoms with Gasteiger partial charge in [0.25, 0.3) is 11.8 Å². The molecule has 0 fully saturated rings. The third kappa shape index (κ3) is 16.1. The zero-order valence-electron chi connectivity index (χ0n) is 44.7. The van der Waals surface area contributed by atoms with Gasteiger partial charge in [-0.15, -0.1) is 45.3 Å². The number of rotatable bonds is 38. The minimum atomic E-state index is 0.0158. The van der Waals surface area contributed by atoms with E-state index in [-0.39, 0.29) is 11.8 Å². The van der Waals surface area contributed by atoms with Crippen LogP contribution in [0, 0.1) is 11.8 Å². The molecule has 2 unspecified atom stereocenters. The standard InChI is InChI=1S/C62H92N2O2S4/c1-7-13-17-19-21-23-25-27-29-31-35-49-37-39-51(67-49)53-41-43-55(69-53)59-57-58(62(66)63(59)45-47(11-5)33-15-9-3)60(64(61(57)65)46-48(12-6)34-16-10-4)56-44-42-54(70-56)52-40-38-50(68-52)36-32-30-28-26-24-22-20-18-14-8-2/h37-44,47-48H,7-36,45-46H2,1-6H3. The Labute approximate surface area is 442 Å². The molecule has 0 N–H and O–H groups in total. The number of amides is 2. The van der Waals surface area contributed by atoms with Gasteiger partial charge in [0.05, 0.1) is 32.3 Å². The predicted molar refractivity (Wildman–Crippen MR) is 310 cm³/mol. The molecule has 2 aliphatic rings. The van der Waals surface area contributed by atoms with Crippen molar-refractivity contribution in [3.8, 4) is 19.5 Å². The molecule has 4 aromatic heterocycles. The molecule has 70 heavy (non-hydrogen) atoms. The van der Waals surface area contributed by atoms with Crippen LogP contribution in [0.3, 0.4) is 0 Å². The van der Waals surface area contributed by atoms with Crippen LogP contribution < -0.4 is 0 Å². The molecule has 0 saturated carbocycles. The van der Waals surface area contributed by atoms with Crippen LogP contribution in [-0.2, 0) is 22.4 Å². The van der Waals surface area contributed by atoms with E-state index in [0.29, 0.717) is 36.1 Å². The highest BCUT2D eigenvalue weighted by Gasteiger charge is 2.50. The Hall–Kier alpha value is -2.78. The topological polar surface area (TPSA) is 40.6 Å². The average Bonchev–Trinajstić information content (AvgIpc) is 4.25. The van der Waals surface area contributed by atoms with Gasteiger partial charge in [0.1, 0.15) is 0 Å². The van der Waals surface area contributed by atoms with E-state index in [1.54, 1.807) is 22.7 Å². The van der Waals surface area contributed by atoms with Crippen LogP contribution in [-0.4, -0.2) is 34.7 Å². The SMILES string of the molecule is CCCCCCCCCCCCc1ccc(-c2ccc(C3=C4C(=O)N(CC(CC)CCCC)C(c5ccc(-c6ccc(CCCCCCCCCCCC)s6)s5)=C4C(=O)N3CC(CC)CCCC)s2)s1. The number of thiophene rings is 4. The van der Waals surface area contributed by atoms with Crippen molar-refractivity contribution in [3.63, 3.8) is 0 Å². The molecule has 0 spiro atoms. The maximum atomic E-state index is 15.4. The first-order valence-electron chi connectivity index (χ1n) is 28.9. The maximum Gasteiger partial charge on any atom is 0.261 e. The van der Waals surface area contributed by atoms with Crippen LogP contribution in [0.15, 0.2) is 59.7 Å². The fraction of sp³-hybridized carbons (Fsp3) is 0.645. The van der Waals surface area contributed by atoms with Crippen molar-refractivity contribution in [1.82, 2.24) is 9.80 Å². The van der Waals surface area contributed by atoms with Crippen LogP contribution in [0.4, 0.5) is 0 Å². The summed E-state index contributed by atoms with van der Waals surface area (Å²) in [7, 11) is 0. The molecule has 6 rings (SSSR count). The number of aryl methyl sites for hydroxylation is 2. The first kappa shape index (κ1) is 56.5. The third-order valence-corrected chi connectivity index (χ3v) is 20.1. The van der Waals surface area contributed by atoms with E-state index < -0.39 is 0 Å². The van der Waals surface area contributed by atoms with Crippen molar-refractivity contribution in [2.24, 2.45) is 11.8 Å². The van der Waals surface area contributed by atoms with Crippen LogP contribution in [0.25, 0.3) is 30.9 Å². The fourth-order valence-electron chi connectivity index (χ4n) is 10.7. The van der Waals surface area contributed by atoms with Gasteiger partial charge in [-0.25, -0.2) is 0 Å². The van der Waals surface area contributed by atoms with E-state index in [0.717, 1.165) is 85.4 Å². The molecule has 2 amide bonds. The Kier molecular flexibility index (Phi) is 25.1. The minimum absolute atomic E-state index is 0.0158. The van der Waals surface area contributed by atoms with Crippen LogP contribution >= 0.6 is 45.3 Å². The Balaban J connectivity index is 1.24. The van der Waals surface area contributed by atoms with E-state index in [1.807, 2.05) is 32.5 Å². The largest absolute Gasteiger partial charge is 0.306 e. The van der Waals surface area contributed by atoms with E-state index >= 15 is 9.59 Å².